The van der Waals surface area contributed by atoms with Crippen molar-refractivity contribution in [3.05, 3.63) is 11.6 Å². The van der Waals surface area contributed by atoms with Gasteiger partial charge in [0.05, 0.1) is 12.4 Å². The molecule has 1 heterocycles. The minimum Gasteiger partial charge on any atom is -0.380 e. The minimum absolute atomic E-state index is 0.258. The highest BCUT2D eigenvalue weighted by Crippen LogP contribution is 2.15. The smallest absolute Gasteiger partial charge is 0.214 e. The first-order valence-electron chi connectivity index (χ1n) is 7.45. The van der Waals surface area contributed by atoms with Crippen LogP contribution in [0.1, 0.15) is 32.6 Å². The topological polar surface area (TPSA) is 58.6 Å². The third-order valence-electron chi connectivity index (χ3n) is 3.42. The fourth-order valence-corrected chi connectivity index (χ4v) is 3.73. The van der Waals surface area contributed by atoms with Crippen LogP contribution >= 0.6 is 0 Å². The Morgan fingerprint density at radius 1 is 1.35 bits per heavy atom. The molecule has 0 aromatic heterocycles. The predicted molar refractivity (Wildman–Crippen MR) is 82.3 cm³/mol. The molecule has 0 atom stereocenters. The lowest BCUT2D eigenvalue weighted by Crippen LogP contribution is -2.37. The lowest BCUT2D eigenvalue weighted by Gasteiger charge is -2.25. The second kappa shape index (κ2) is 9.50. The van der Waals surface area contributed by atoms with Gasteiger partial charge in [0, 0.05) is 20.2 Å². The Morgan fingerprint density at radius 3 is 2.75 bits per heavy atom. The van der Waals surface area contributed by atoms with Crippen molar-refractivity contribution in [1.82, 2.24) is 9.62 Å². The van der Waals surface area contributed by atoms with Gasteiger partial charge < -0.3 is 10.1 Å². The Bertz CT molecular complexity index is 393. The molecule has 118 valence electrons. The molecular formula is C14H28N2O3S. The van der Waals surface area contributed by atoms with E-state index >= 15 is 0 Å². The molecule has 0 spiro atoms. The summed E-state index contributed by atoms with van der Waals surface area (Å²) >= 11 is 0. The summed E-state index contributed by atoms with van der Waals surface area (Å²) < 4.78 is 31.0. The minimum atomic E-state index is -3.09. The summed E-state index contributed by atoms with van der Waals surface area (Å²) in [6.07, 6.45) is 5.52. The molecule has 0 fully saturated rings. The number of methoxy groups -OCH3 is 1. The highest BCUT2D eigenvalue weighted by Gasteiger charge is 2.23. The van der Waals surface area contributed by atoms with Crippen LogP contribution in [0.15, 0.2) is 11.6 Å². The van der Waals surface area contributed by atoms with Gasteiger partial charge in [-0.25, -0.2) is 8.42 Å². The molecule has 0 radical (unpaired) electrons. The quantitative estimate of drug-likeness (QED) is 0.489. The summed E-state index contributed by atoms with van der Waals surface area (Å²) in [5, 5.41) is 3.29. The molecular weight excluding hydrogens is 276 g/mol. The van der Waals surface area contributed by atoms with Crippen LogP contribution in [0.5, 0.6) is 0 Å². The van der Waals surface area contributed by atoms with Crippen molar-refractivity contribution in [2.45, 2.75) is 32.6 Å². The average molecular weight is 304 g/mol. The molecule has 0 aromatic rings. The molecule has 5 nitrogen and oxygen atoms in total. The highest BCUT2D eigenvalue weighted by molar-refractivity contribution is 7.89. The zero-order valence-corrected chi connectivity index (χ0v) is 13.5. The van der Waals surface area contributed by atoms with E-state index in [4.69, 9.17) is 4.74 Å². The molecule has 0 unspecified atom stereocenters. The van der Waals surface area contributed by atoms with Crippen LogP contribution in [0.3, 0.4) is 0 Å². The third kappa shape index (κ3) is 6.35. The van der Waals surface area contributed by atoms with E-state index < -0.39 is 10.0 Å². The van der Waals surface area contributed by atoms with E-state index in [1.54, 1.807) is 11.4 Å². The van der Waals surface area contributed by atoms with Gasteiger partial charge in [-0.2, -0.15) is 4.31 Å². The van der Waals surface area contributed by atoms with Crippen LogP contribution in [-0.2, 0) is 14.8 Å². The standard InChI is InChI=1S/C14H28N2O3S/c1-3-8-15-9-4-5-12-20(17,18)16-10-6-14(7-11-16)13-19-2/h6,15H,3-5,7-13H2,1-2H3. The van der Waals surface area contributed by atoms with Crippen LogP contribution < -0.4 is 5.32 Å². The summed E-state index contributed by atoms with van der Waals surface area (Å²) in [7, 11) is -1.43. The van der Waals surface area contributed by atoms with Crippen molar-refractivity contribution >= 4 is 10.0 Å². The summed E-state index contributed by atoms with van der Waals surface area (Å²) in [6.45, 7) is 5.73. The van der Waals surface area contributed by atoms with Crippen LogP contribution in [0, 0.1) is 0 Å². The van der Waals surface area contributed by atoms with Crippen LogP contribution in [0.4, 0.5) is 0 Å². The van der Waals surface area contributed by atoms with E-state index in [2.05, 4.69) is 12.2 Å². The maximum absolute atomic E-state index is 12.2. The summed E-state index contributed by atoms with van der Waals surface area (Å²) in [4.78, 5) is 0. The largest absolute Gasteiger partial charge is 0.380 e. The van der Waals surface area contributed by atoms with Crippen molar-refractivity contribution in [1.29, 1.82) is 0 Å². The molecule has 6 heteroatoms. The maximum atomic E-state index is 12.2. The first-order chi connectivity index (χ1) is 9.60. The number of sulfonamides is 1. The van der Waals surface area contributed by atoms with Gasteiger partial charge in [0.15, 0.2) is 0 Å². The zero-order chi connectivity index (χ0) is 14.8. The fraction of sp³-hybridized carbons (Fsp3) is 0.857. The molecule has 0 aromatic carbocycles. The van der Waals surface area contributed by atoms with Crippen molar-refractivity contribution in [3.8, 4) is 0 Å². The molecule has 1 aliphatic rings. The number of unbranched alkanes of at least 4 members (excludes halogenated alkanes) is 1. The third-order valence-corrected chi connectivity index (χ3v) is 5.34. The van der Waals surface area contributed by atoms with E-state index in [1.165, 1.54) is 5.57 Å². The van der Waals surface area contributed by atoms with Crippen molar-refractivity contribution in [3.63, 3.8) is 0 Å². The van der Waals surface area contributed by atoms with Crippen LogP contribution in [0.25, 0.3) is 0 Å². The number of hydrogen-bond donors (Lipinski definition) is 1. The second-order valence-corrected chi connectivity index (χ2v) is 7.26. The number of nitrogens with zero attached hydrogens (tertiary/aromatic N) is 1. The molecule has 0 bridgehead atoms. The van der Waals surface area contributed by atoms with Crippen molar-refractivity contribution in [2.24, 2.45) is 0 Å². The van der Waals surface area contributed by atoms with E-state index in [0.717, 1.165) is 38.8 Å². The maximum Gasteiger partial charge on any atom is 0.214 e. The molecule has 1 aliphatic heterocycles. The molecule has 1 rings (SSSR count). The van der Waals surface area contributed by atoms with Crippen LogP contribution in [-0.4, -0.2) is 58.4 Å². The zero-order valence-electron chi connectivity index (χ0n) is 12.7. The van der Waals surface area contributed by atoms with Gasteiger partial charge in [-0.1, -0.05) is 13.0 Å². The van der Waals surface area contributed by atoms with Gasteiger partial charge in [-0.15, -0.1) is 0 Å². The SMILES string of the molecule is CCCNCCCCS(=O)(=O)N1CC=C(COC)CC1. The number of rotatable bonds is 10. The van der Waals surface area contributed by atoms with E-state index in [-0.39, 0.29) is 5.75 Å². The van der Waals surface area contributed by atoms with Gasteiger partial charge >= 0.3 is 0 Å². The van der Waals surface area contributed by atoms with E-state index in [1.807, 2.05) is 6.08 Å². The Balaban J connectivity index is 2.28. The summed E-state index contributed by atoms with van der Waals surface area (Å²) in [6, 6.07) is 0. The first-order valence-corrected chi connectivity index (χ1v) is 9.06. The van der Waals surface area contributed by atoms with E-state index in [9.17, 15) is 8.42 Å². The van der Waals surface area contributed by atoms with Gasteiger partial charge in [-0.05, 0) is 44.3 Å². The van der Waals surface area contributed by atoms with Crippen molar-refractivity contribution in [2.75, 3.05) is 45.6 Å². The fourth-order valence-electron chi connectivity index (χ4n) is 2.23. The van der Waals surface area contributed by atoms with Crippen LogP contribution in [0.2, 0.25) is 0 Å². The number of ether oxygens (including phenoxy) is 1. The normalized spacial score (nSPS) is 17.2. The Hall–Kier alpha value is -0.430. The Labute approximate surface area is 123 Å². The molecule has 0 amide bonds. The predicted octanol–water partition coefficient (Wildman–Crippen LogP) is 1.37. The Morgan fingerprint density at radius 2 is 2.15 bits per heavy atom. The van der Waals surface area contributed by atoms with Crippen molar-refractivity contribution < 1.29 is 13.2 Å². The number of hydrogen-bond acceptors (Lipinski definition) is 4. The molecule has 0 saturated heterocycles. The summed E-state index contributed by atoms with van der Waals surface area (Å²) in [5.41, 5.74) is 1.20. The lowest BCUT2D eigenvalue weighted by atomic mass is 10.1. The van der Waals surface area contributed by atoms with Gasteiger partial charge in [0.2, 0.25) is 10.0 Å². The molecule has 0 saturated carbocycles. The Kier molecular flexibility index (Phi) is 8.37. The van der Waals surface area contributed by atoms with Gasteiger partial charge in [-0.3, -0.25) is 0 Å². The highest BCUT2D eigenvalue weighted by atomic mass is 32.2. The summed E-state index contributed by atoms with van der Waals surface area (Å²) in [5.74, 6) is 0.258. The number of nitrogens with one attached hydrogen (secondary N) is 1. The van der Waals surface area contributed by atoms with Gasteiger partial charge in [0.1, 0.15) is 0 Å². The molecule has 1 N–H and O–H groups in total. The monoisotopic (exact) mass is 304 g/mol. The average Bonchev–Trinajstić information content (AvgIpc) is 2.44. The van der Waals surface area contributed by atoms with E-state index in [0.29, 0.717) is 19.7 Å². The van der Waals surface area contributed by atoms with Gasteiger partial charge in [0.25, 0.3) is 0 Å². The second-order valence-electron chi connectivity index (χ2n) is 5.18. The lowest BCUT2D eigenvalue weighted by molar-refractivity contribution is 0.219. The molecule has 0 aliphatic carbocycles. The first kappa shape index (κ1) is 17.6. The molecule has 20 heavy (non-hydrogen) atoms.